The Morgan fingerprint density at radius 3 is 2.75 bits per heavy atom. The van der Waals surface area contributed by atoms with Crippen molar-refractivity contribution in [2.75, 3.05) is 40.3 Å². The number of ether oxygens (including phenoxy) is 1. The zero-order chi connectivity index (χ0) is 19.6. The number of aliphatic imine (C=N–C) groups is 1. The number of amides is 1. The summed E-state index contributed by atoms with van der Waals surface area (Å²) in [6.07, 6.45) is 4.24. The molecule has 0 spiro atoms. The van der Waals surface area contributed by atoms with E-state index in [-0.39, 0.29) is 48.3 Å². The van der Waals surface area contributed by atoms with Crippen LogP contribution in [0.3, 0.4) is 0 Å². The molecular weight excluding hydrogens is 474 g/mol. The number of benzene rings is 1. The van der Waals surface area contributed by atoms with E-state index in [1.807, 2.05) is 13.0 Å². The molecule has 1 amide bonds. The van der Waals surface area contributed by atoms with Crippen LogP contribution in [0.25, 0.3) is 0 Å². The molecule has 2 rings (SSSR count). The third-order valence-electron chi connectivity index (χ3n) is 4.63. The molecule has 1 atom stereocenters. The SMILES string of the molecule is Cc1cc(F)ccc1CCNC(=NCC(=O)N(C)C)NCC1CCCCO1.I. The van der Waals surface area contributed by atoms with Gasteiger partial charge in [-0.25, -0.2) is 9.38 Å². The molecule has 2 N–H and O–H groups in total. The largest absolute Gasteiger partial charge is 0.376 e. The highest BCUT2D eigenvalue weighted by Crippen LogP contribution is 2.12. The number of halogens is 2. The van der Waals surface area contributed by atoms with Crippen LogP contribution in [0.2, 0.25) is 0 Å². The van der Waals surface area contributed by atoms with Gasteiger partial charge in [0.2, 0.25) is 5.91 Å². The number of likely N-dealkylation sites (N-methyl/N-ethyl adjacent to an activating group) is 1. The van der Waals surface area contributed by atoms with E-state index >= 15 is 0 Å². The Morgan fingerprint density at radius 2 is 2.11 bits per heavy atom. The third kappa shape index (κ3) is 8.72. The first-order valence-corrected chi connectivity index (χ1v) is 9.54. The van der Waals surface area contributed by atoms with Crippen LogP contribution in [0.15, 0.2) is 23.2 Å². The number of guanidine groups is 1. The Bertz CT molecular complexity index is 649. The maximum atomic E-state index is 13.2. The van der Waals surface area contributed by atoms with Crippen molar-refractivity contribution >= 4 is 35.8 Å². The first kappa shape index (κ1) is 24.6. The van der Waals surface area contributed by atoms with Crippen molar-refractivity contribution in [2.24, 2.45) is 4.99 Å². The second-order valence-corrected chi connectivity index (χ2v) is 7.07. The first-order chi connectivity index (χ1) is 13.0. The molecule has 8 heteroatoms. The van der Waals surface area contributed by atoms with Crippen LogP contribution in [0.5, 0.6) is 0 Å². The number of nitrogens with one attached hydrogen (secondary N) is 2. The summed E-state index contributed by atoms with van der Waals surface area (Å²) in [5.41, 5.74) is 2.02. The summed E-state index contributed by atoms with van der Waals surface area (Å²) in [4.78, 5) is 17.7. The molecule has 0 saturated carbocycles. The minimum absolute atomic E-state index is 0. The number of nitrogens with zero attached hydrogens (tertiary/aromatic N) is 2. The molecule has 1 fully saturated rings. The molecule has 1 saturated heterocycles. The number of rotatable bonds is 7. The van der Waals surface area contributed by atoms with Gasteiger partial charge in [-0.1, -0.05) is 6.07 Å². The molecule has 1 aromatic carbocycles. The fraction of sp³-hybridized carbons (Fsp3) is 0.600. The van der Waals surface area contributed by atoms with Crippen LogP contribution in [0.4, 0.5) is 4.39 Å². The predicted octanol–water partition coefficient (Wildman–Crippen LogP) is 2.49. The summed E-state index contributed by atoms with van der Waals surface area (Å²) in [6, 6.07) is 4.83. The number of carbonyl (C=O) groups excluding carboxylic acids is 1. The molecule has 1 aliphatic rings. The summed E-state index contributed by atoms with van der Waals surface area (Å²) in [7, 11) is 3.43. The van der Waals surface area contributed by atoms with Gasteiger partial charge in [-0.3, -0.25) is 4.79 Å². The Balaban J connectivity index is 0.00000392. The fourth-order valence-electron chi connectivity index (χ4n) is 2.90. The van der Waals surface area contributed by atoms with Gasteiger partial charge in [0.1, 0.15) is 12.4 Å². The Morgan fingerprint density at radius 1 is 1.32 bits per heavy atom. The molecule has 1 aromatic rings. The van der Waals surface area contributed by atoms with E-state index in [1.54, 1.807) is 20.2 Å². The number of carbonyl (C=O) groups is 1. The van der Waals surface area contributed by atoms with Crippen molar-refractivity contribution in [3.05, 3.63) is 35.1 Å². The summed E-state index contributed by atoms with van der Waals surface area (Å²) >= 11 is 0. The molecule has 1 heterocycles. The van der Waals surface area contributed by atoms with E-state index in [2.05, 4.69) is 15.6 Å². The second kappa shape index (κ2) is 12.9. The lowest BCUT2D eigenvalue weighted by atomic mass is 10.1. The second-order valence-electron chi connectivity index (χ2n) is 7.07. The minimum atomic E-state index is -0.220. The highest BCUT2D eigenvalue weighted by molar-refractivity contribution is 14.0. The van der Waals surface area contributed by atoms with E-state index in [4.69, 9.17) is 4.74 Å². The highest BCUT2D eigenvalue weighted by Gasteiger charge is 2.14. The summed E-state index contributed by atoms with van der Waals surface area (Å²) < 4.78 is 19.0. The van der Waals surface area contributed by atoms with Crippen LogP contribution in [-0.2, 0) is 16.0 Å². The standard InChI is InChI=1S/C20H31FN4O2.HI/c1-15-12-17(21)8-7-16(15)9-10-22-20(24-14-19(26)25(2)3)23-13-18-6-4-5-11-27-18;/h7-8,12,18H,4-6,9-11,13-14H2,1-3H3,(H2,22,23,24);1H. The van der Waals surface area contributed by atoms with E-state index in [1.165, 1.54) is 17.4 Å². The third-order valence-corrected chi connectivity index (χ3v) is 4.63. The zero-order valence-electron chi connectivity index (χ0n) is 17.0. The minimum Gasteiger partial charge on any atom is -0.376 e. The smallest absolute Gasteiger partial charge is 0.243 e. The molecule has 0 radical (unpaired) electrons. The Hall–Kier alpha value is -1.42. The Kier molecular flexibility index (Phi) is 11.4. The van der Waals surface area contributed by atoms with Gasteiger partial charge in [0.05, 0.1) is 6.10 Å². The van der Waals surface area contributed by atoms with Crippen molar-refractivity contribution < 1.29 is 13.9 Å². The van der Waals surface area contributed by atoms with Crippen LogP contribution in [0.1, 0.15) is 30.4 Å². The average molecular weight is 506 g/mol. The Labute approximate surface area is 184 Å². The molecule has 0 bridgehead atoms. The van der Waals surface area contributed by atoms with Crippen LogP contribution in [0, 0.1) is 12.7 Å². The molecule has 1 aliphatic heterocycles. The number of aryl methyl sites for hydroxylation is 1. The molecule has 0 aliphatic carbocycles. The lowest BCUT2D eigenvalue weighted by molar-refractivity contribution is -0.127. The van der Waals surface area contributed by atoms with Gasteiger partial charge in [-0.05, 0) is 55.9 Å². The lowest BCUT2D eigenvalue weighted by Crippen LogP contribution is -2.43. The maximum absolute atomic E-state index is 13.2. The van der Waals surface area contributed by atoms with Gasteiger partial charge in [0, 0.05) is 33.8 Å². The van der Waals surface area contributed by atoms with Crippen molar-refractivity contribution in [1.82, 2.24) is 15.5 Å². The number of hydrogen-bond acceptors (Lipinski definition) is 3. The predicted molar refractivity (Wildman–Crippen MR) is 121 cm³/mol. The quantitative estimate of drug-likeness (QED) is 0.339. The van der Waals surface area contributed by atoms with Gasteiger partial charge in [0.25, 0.3) is 0 Å². The zero-order valence-corrected chi connectivity index (χ0v) is 19.3. The normalized spacial score (nSPS) is 16.9. The first-order valence-electron chi connectivity index (χ1n) is 9.54. The monoisotopic (exact) mass is 506 g/mol. The van der Waals surface area contributed by atoms with E-state index in [0.29, 0.717) is 19.0 Å². The molecule has 6 nitrogen and oxygen atoms in total. The van der Waals surface area contributed by atoms with E-state index in [0.717, 1.165) is 37.0 Å². The summed E-state index contributed by atoms with van der Waals surface area (Å²) in [5, 5.41) is 6.54. The molecular formula is C20H32FIN4O2. The van der Waals surface area contributed by atoms with Gasteiger partial charge in [-0.2, -0.15) is 0 Å². The van der Waals surface area contributed by atoms with Gasteiger partial charge < -0.3 is 20.3 Å². The van der Waals surface area contributed by atoms with Gasteiger partial charge in [0.15, 0.2) is 5.96 Å². The van der Waals surface area contributed by atoms with Crippen LogP contribution >= 0.6 is 24.0 Å². The highest BCUT2D eigenvalue weighted by atomic mass is 127. The average Bonchev–Trinajstić information content (AvgIpc) is 2.65. The van der Waals surface area contributed by atoms with E-state index in [9.17, 15) is 9.18 Å². The fourth-order valence-corrected chi connectivity index (χ4v) is 2.90. The summed E-state index contributed by atoms with van der Waals surface area (Å²) in [5.74, 6) is 0.321. The topological polar surface area (TPSA) is 66.0 Å². The van der Waals surface area contributed by atoms with Crippen molar-refractivity contribution in [2.45, 2.75) is 38.7 Å². The van der Waals surface area contributed by atoms with Crippen LogP contribution in [-0.4, -0.2) is 63.2 Å². The maximum Gasteiger partial charge on any atom is 0.243 e. The van der Waals surface area contributed by atoms with Crippen molar-refractivity contribution in [3.63, 3.8) is 0 Å². The summed E-state index contributed by atoms with van der Waals surface area (Å²) in [6.45, 7) is 4.10. The molecule has 0 aromatic heterocycles. The molecule has 158 valence electrons. The lowest BCUT2D eigenvalue weighted by Gasteiger charge is -2.24. The number of hydrogen-bond donors (Lipinski definition) is 2. The molecule has 1 unspecified atom stereocenters. The van der Waals surface area contributed by atoms with Gasteiger partial charge >= 0.3 is 0 Å². The van der Waals surface area contributed by atoms with E-state index < -0.39 is 0 Å². The van der Waals surface area contributed by atoms with Crippen LogP contribution < -0.4 is 10.6 Å². The van der Waals surface area contributed by atoms with Crippen molar-refractivity contribution in [1.29, 1.82) is 0 Å². The van der Waals surface area contributed by atoms with Crippen molar-refractivity contribution in [3.8, 4) is 0 Å². The molecule has 28 heavy (non-hydrogen) atoms. The van der Waals surface area contributed by atoms with Gasteiger partial charge in [-0.15, -0.1) is 24.0 Å².